The summed E-state index contributed by atoms with van der Waals surface area (Å²) in [5.74, 6) is 1.03. The van der Waals surface area contributed by atoms with Gasteiger partial charge in [0, 0.05) is 49.5 Å². The van der Waals surface area contributed by atoms with E-state index in [1.165, 1.54) is 18.0 Å². The van der Waals surface area contributed by atoms with Gasteiger partial charge in [-0.1, -0.05) is 6.07 Å². The van der Waals surface area contributed by atoms with Gasteiger partial charge in [-0.2, -0.15) is 5.10 Å². The maximum absolute atomic E-state index is 12.2. The summed E-state index contributed by atoms with van der Waals surface area (Å²) < 4.78 is 2.02. The minimum atomic E-state index is -0.933. The summed E-state index contributed by atoms with van der Waals surface area (Å²) in [5.41, 5.74) is 4.53. The topological polar surface area (TPSA) is 157 Å². The molecule has 224 valence electrons. The molecule has 0 bridgehead atoms. The molecule has 0 aromatic carbocycles. The summed E-state index contributed by atoms with van der Waals surface area (Å²) in [4.78, 5) is 27.6. The molecule has 0 spiro atoms. The van der Waals surface area contributed by atoms with Gasteiger partial charge in [0.05, 0.1) is 12.2 Å². The van der Waals surface area contributed by atoms with Crippen LogP contribution in [0.2, 0.25) is 0 Å². The van der Waals surface area contributed by atoms with Gasteiger partial charge in [0.15, 0.2) is 0 Å². The standard InChI is InChI=1S/C30H42N10O2/c1-22-19-23(2)40(38-22)18-17-39(15-4-3-8-25-10-9-24-7-5-13-33-29(24)36-25)16-11-26(30(41)42)37-28-20-27(34-21-35-28)32-14-6-12-31/h6,9-10,12,14,19-21,26,31H,3-5,7-8,11,13,15-18H2,1-2H3,(H,33,36)(H,41,42)(H2,32,34,35,37)/b14-6-,31-12?/t26-/m0/s1. The monoisotopic (exact) mass is 574 g/mol. The number of anilines is 3. The molecular formula is C30H42N10O2. The molecular weight excluding hydrogens is 532 g/mol. The van der Waals surface area contributed by atoms with Crippen LogP contribution >= 0.6 is 0 Å². The largest absolute Gasteiger partial charge is 0.480 e. The van der Waals surface area contributed by atoms with E-state index in [2.05, 4.69) is 61.0 Å². The van der Waals surface area contributed by atoms with Crippen LogP contribution in [0.5, 0.6) is 0 Å². The van der Waals surface area contributed by atoms with Crippen molar-refractivity contribution in [2.75, 3.05) is 42.1 Å². The fourth-order valence-electron chi connectivity index (χ4n) is 5.07. The van der Waals surface area contributed by atoms with Crippen LogP contribution in [-0.4, -0.2) is 79.1 Å². The Hall–Kier alpha value is -4.32. The van der Waals surface area contributed by atoms with Crippen LogP contribution in [0, 0.1) is 19.3 Å². The van der Waals surface area contributed by atoms with E-state index in [4.69, 9.17) is 10.4 Å². The highest BCUT2D eigenvalue weighted by molar-refractivity contribution is 5.77. The molecule has 1 aliphatic rings. The molecule has 4 rings (SSSR count). The van der Waals surface area contributed by atoms with Crippen LogP contribution in [0.3, 0.4) is 0 Å². The number of aliphatic carboxylic acids is 1. The van der Waals surface area contributed by atoms with Crippen LogP contribution in [0.4, 0.5) is 17.5 Å². The molecule has 42 heavy (non-hydrogen) atoms. The SMILES string of the molecule is Cc1cc(C)n(CCN(CCCCc2ccc3c(n2)NCCC3)CC[C@H](Nc2cc(N/C=C\C=N)ncn2)C(=O)O)n1. The summed E-state index contributed by atoms with van der Waals surface area (Å²) in [6.07, 6.45) is 11.2. The van der Waals surface area contributed by atoms with Gasteiger partial charge in [-0.05, 0) is 82.7 Å². The smallest absolute Gasteiger partial charge is 0.326 e. The first-order chi connectivity index (χ1) is 20.4. The molecule has 3 aromatic rings. The van der Waals surface area contributed by atoms with E-state index in [9.17, 15) is 9.90 Å². The third-order valence-corrected chi connectivity index (χ3v) is 7.29. The van der Waals surface area contributed by atoms with Gasteiger partial charge < -0.3 is 31.4 Å². The number of aromatic nitrogens is 5. The summed E-state index contributed by atoms with van der Waals surface area (Å²) in [6, 6.07) is 7.25. The average molecular weight is 575 g/mol. The summed E-state index contributed by atoms with van der Waals surface area (Å²) in [6.45, 7) is 8.02. The molecule has 0 amide bonds. The Morgan fingerprint density at radius 3 is 2.83 bits per heavy atom. The number of carbonyl (C=O) groups is 1. The van der Waals surface area contributed by atoms with Gasteiger partial charge in [0.25, 0.3) is 0 Å². The fourth-order valence-corrected chi connectivity index (χ4v) is 5.07. The van der Waals surface area contributed by atoms with E-state index in [-0.39, 0.29) is 0 Å². The zero-order valence-corrected chi connectivity index (χ0v) is 24.5. The number of nitrogens with one attached hydrogen (secondary N) is 4. The van der Waals surface area contributed by atoms with Crippen LogP contribution in [0.1, 0.15) is 48.3 Å². The number of unbranched alkanes of at least 4 members (excludes halogenated alkanes) is 1. The zero-order chi connectivity index (χ0) is 29.7. The Morgan fingerprint density at radius 1 is 1.19 bits per heavy atom. The first kappa shape index (κ1) is 30.6. The molecule has 0 fully saturated rings. The number of hydrogen-bond donors (Lipinski definition) is 5. The quantitative estimate of drug-likeness (QED) is 0.118. The molecule has 3 aromatic heterocycles. The predicted molar refractivity (Wildman–Crippen MR) is 165 cm³/mol. The molecule has 1 aliphatic heterocycles. The lowest BCUT2D eigenvalue weighted by Crippen LogP contribution is -2.37. The molecule has 0 saturated carbocycles. The lowest BCUT2D eigenvalue weighted by Gasteiger charge is -2.25. The second kappa shape index (κ2) is 15.6. The van der Waals surface area contributed by atoms with Gasteiger partial charge in [0.2, 0.25) is 0 Å². The Labute approximate surface area is 247 Å². The Morgan fingerprint density at radius 2 is 2.05 bits per heavy atom. The molecule has 0 aliphatic carbocycles. The number of carboxylic acid groups (broad SMARTS) is 1. The van der Waals surface area contributed by atoms with Gasteiger partial charge in [-0.25, -0.2) is 19.7 Å². The highest BCUT2D eigenvalue weighted by atomic mass is 16.4. The third kappa shape index (κ3) is 9.37. The highest BCUT2D eigenvalue weighted by Crippen LogP contribution is 2.20. The van der Waals surface area contributed by atoms with E-state index in [0.717, 1.165) is 87.4 Å². The second-order valence-corrected chi connectivity index (χ2v) is 10.6. The number of fused-ring (bicyclic) bond motifs is 1. The molecule has 0 unspecified atom stereocenters. The molecule has 12 heteroatoms. The summed E-state index contributed by atoms with van der Waals surface area (Å²) in [7, 11) is 0. The van der Waals surface area contributed by atoms with Gasteiger partial charge in [0.1, 0.15) is 29.8 Å². The van der Waals surface area contributed by atoms with Crippen LogP contribution in [0.15, 0.2) is 42.9 Å². The van der Waals surface area contributed by atoms with E-state index in [0.29, 0.717) is 24.6 Å². The number of allylic oxidation sites excluding steroid dienone is 1. The van der Waals surface area contributed by atoms with E-state index in [1.807, 2.05) is 11.6 Å². The maximum Gasteiger partial charge on any atom is 0.326 e. The number of rotatable bonds is 17. The number of pyridine rings is 1. The molecule has 0 radical (unpaired) electrons. The van der Waals surface area contributed by atoms with Crippen molar-refractivity contribution in [3.8, 4) is 0 Å². The van der Waals surface area contributed by atoms with Crippen molar-refractivity contribution in [2.45, 2.75) is 65.0 Å². The normalized spacial score (nSPS) is 13.5. The van der Waals surface area contributed by atoms with Crippen molar-refractivity contribution in [3.05, 3.63) is 65.5 Å². The average Bonchev–Trinajstić information content (AvgIpc) is 3.31. The van der Waals surface area contributed by atoms with Crippen molar-refractivity contribution < 1.29 is 9.90 Å². The Kier molecular flexibility index (Phi) is 11.4. The predicted octanol–water partition coefficient (Wildman–Crippen LogP) is 3.90. The van der Waals surface area contributed by atoms with Crippen molar-refractivity contribution in [2.24, 2.45) is 0 Å². The maximum atomic E-state index is 12.2. The van der Waals surface area contributed by atoms with Crippen molar-refractivity contribution in [1.82, 2.24) is 29.6 Å². The minimum Gasteiger partial charge on any atom is -0.480 e. The van der Waals surface area contributed by atoms with E-state index < -0.39 is 12.0 Å². The number of carboxylic acids is 1. The molecule has 5 N–H and O–H groups in total. The minimum absolute atomic E-state index is 0.408. The van der Waals surface area contributed by atoms with Crippen molar-refractivity contribution in [3.63, 3.8) is 0 Å². The van der Waals surface area contributed by atoms with Crippen LogP contribution in [0.25, 0.3) is 0 Å². The summed E-state index contributed by atoms with van der Waals surface area (Å²) >= 11 is 0. The van der Waals surface area contributed by atoms with Crippen molar-refractivity contribution in [1.29, 1.82) is 5.41 Å². The van der Waals surface area contributed by atoms with E-state index in [1.54, 1.807) is 12.3 Å². The second-order valence-electron chi connectivity index (χ2n) is 10.6. The molecule has 12 nitrogen and oxygen atoms in total. The van der Waals surface area contributed by atoms with E-state index >= 15 is 0 Å². The number of hydrogen-bond acceptors (Lipinski definition) is 10. The Balaban J connectivity index is 1.34. The third-order valence-electron chi connectivity index (χ3n) is 7.29. The number of nitrogens with zero attached hydrogens (tertiary/aromatic N) is 6. The summed E-state index contributed by atoms with van der Waals surface area (Å²) in [5, 5.41) is 31.0. The van der Waals surface area contributed by atoms with Crippen LogP contribution in [-0.2, 0) is 24.2 Å². The van der Waals surface area contributed by atoms with Gasteiger partial charge >= 0.3 is 5.97 Å². The molecule has 4 heterocycles. The zero-order valence-electron chi connectivity index (χ0n) is 24.5. The fraction of sp³-hybridized carbons (Fsp3) is 0.467. The lowest BCUT2D eigenvalue weighted by molar-refractivity contribution is -0.138. The molecule has 0 saturated heterocycles. The first-order valence-electron chi connectivity index (χ1n) is 14.6. The van der Waals surface area contributed by atoms with Crippen molar-refractivity contribution >= 4 is 29.6 Å². The van der Waals surface area contributed by atoms with Crippen LogP contribution < -0.4 is 16.0 Å². The Bertz CT molecular complexity index is 1360. The highest BCUT2D eigenvalue weighted by Gasteiger charge is 2.20. The first-order valence-corrected chi connectivity index (χ1v) is 14.6. The lowest BCUT2D eigenvalue weighted by atomic mass is 10.1. The molecule has 1 atom stereocenters. The van der Waals surface area contributed by atoms with Gasteiger partial charge in [-0.3, -0.25) is 4.68 Å². The number of aryl methyl sites for hydroxylation is 4. The van der Waals surface area contributed by atoms with Gasteiger partial charge in [-0.15, -0.1) is 0 Å².